The van der Waals surface area contributed by atoms with Crippen molar-refractivity contribution >= 4 is 12.0 Å². The molecule has 0 radical (unpaired) electrons. The van der Waals surface area contributed by atoms with E-state index in [2.05, 4.69) is 19.2 Å². The molecule has 22 heavy (non-hydrogen) atoms. The van der Waals surface area contributed by atoms with E-state index in [9.17, 15) is 9.59 Å². The van der Waals surface area contributed by atoms with Crippen molar-refractivity contribution in [3.63, 3.8) is 0 Å². The van der Waals surface area contributed by atoms with E-state index in [1.165, 1.54) is 6.42 Å². The third-order valence-electron chi connectivity index (χ3n) is 4.57. The van der Waals surface area contributed by atoms with Crippen LogP contribution in [0.4, 0.5) is 4.79 Å². The van der Waals surface area contributed by atoms with Crippen LogP contribution in [0.15, 0.2) is 24.3 Å². The molecule has 2 N–H and O–H groups in total. The molecule has 0 bridgehead atoms. The summed E-state index contributed by atoms with van der Waals surface area (Å²) in [5, 5.41) is 11.8. The largest absolute Gasteiger partial charge is 0.478 e. The monoisotopic (exact) mass is 304 g/mol. The number of carbonyl (C=O) groups is 2. The lowest BCUT2D eigenvalue weighted by Gasteiger charge is -2.40. The van der Waals surface area contributed by atoms with Crippen molar-refractivity contribution in [3.05, 3.63) is 35.4 Å². The summed E-state index contributed by atoms with van der Waals surface area (Å²) in [7, 11) is 0. The Morgan fingerprint density at radius 1 is 1.32 bits per heavy atom. The maximum absolute atomic E-state index is 12.3. The van der Waals surface area contributed by atoms with Gasteiger partial charge in [0, 0.05) is 19.6 Å². The van der Waals surface area contributed by atoms with Crippen molar-refractivity contribution in [2.45, 2.75) is 39.7 Å². The predicted octanol–water partition coefficient (Wildman–Crippen LogP) is 3.11. The van der Waals surface area contributed by atoms with E-state index in [1.54, 1.807) is 24.3 Å². The quantitative estimate of drug-likeness (QED) is 0.898. The van der Waals surface area contributed by atoms with Gasteiger partial charge >= 0.3 is 12.0 Å². The summed E-state index contributed by atoms with van der Waals surface area (Å²) in [6, 6.07) is 6.53. The summed E-state index contributed by atoms with van der Waals surface area (Å²) in [6.07, 6.45) is 3.29. The van der Waals surface area contributed by atoms with Gasteiger partial charge in [0.1, 0.15) is 0 Å². The highest BCUT2D eigenvalue weighted by molar-refractivity contribution is 5.87. The molecule has 1 saturated heterocycles. The molecule has 5 nitrogen and oxygen atoms in total. The van der Waals surface area contributed by atoms with Crippen molar-refractivity contribution in [1.29, 1.82) is 0 Å². The Balaban J connectivity index is 1.88. The average molecular weight is 304 g/mol. The lowest BCUT2D eigenvalue weighted by atomic mass is 9.80. The minimum absolute atomic E-state index is 0.0401. The molecule has 0 aliphatic carbocycles. The fourth-order valence-corrected chi connectivity index (χ4v) is 2.83. The molecule has 1 aliphatic rings. The highest BCUT2D eigenvalue weighted by Crippen LogP contribution is 2.32. The van der Waals surface area contributed by atoms with E-state index in [-0.39, 0.29) is 17.0 Å². The number of likely N-dealkylation sites (tertiary alicyclic amines) is 1. The third-order valence-corrected chi connectivity index (χ3v) is 4.57. The number of carboxylic acids is 1. The van der Waals surface area contributed by atoms with Gasteiger partial charge in [-0.15, -0.1) is 0 Å². The molecule has 1 aromatic rings. The molecular weight excluding hydrogens is 280 g/mol. The zero-order valence-corrected chi connectivity index (χ0v) is 13.3. The lowest BCUT2D eigenvalue weighted by molar-refractivity contribution is 0.0697. The number of carbonyl (C=O) groups excluding carboxylic acids is 1. The molecule has 1 aliphatic heterocycles. The van der Waals surface area contributed by atoms with E-state index < -0.39 is 5.97 Å². The van der Waals surface area contributed by atoms with Crippen molar-refractivity contribution in [2.75, 3.05) is 13.1 Å². The van der Waals surface area contributed by atoms with Crippen LogP contribution < -0.4 is 5.32 Å². The third kappa shape index (κ3) is 4.00. The second-order valence-corrected chi connectivity index (χ2v) is 6.35. The van der Waals surface area contributed by atoms with Crippen LogP contribution in [0.1, 0.15) is 49.0 Å². The number of nitrogens with one attached hydrogen (secondary N) is 1. The SMILES string of the molecule is CCC1(C)CCCN(C(=O)NCc2ccc(C(=O)O)cc2)C1. The number of urea groups is 1. The van der Waals surface area contributed by atoms with E-state index in [0.717, 1.165) is 31.5 Å². The number of hydrogen-bond acceptors (Lipinski definition) is 2. The van der Waals surface area contributed by atoms with Gasteiger partial charge < -0.3 is 15.3 Å². The van der Waals surface area contributed by atoms with Gasteiger partial charge in [-0.25, -0.2) is 9.59 Å². The average Bonchev–Trinajstić information content (AvgIpc) is 2.53. The summed E-state index contributed by atoms with van der Waals surface area (Å²) in [5.74, 6) is -0.942. The first-order chi connectivity index (χ1) is 10.4. The molecule has 2 amide bonds. The fraction of sp³-hybridized carbons (Fsp3) is 0.529. The zero-order chi connectivity index (χ0) is 16.2. The predicted molar refractivity (Wildman–Crippen MR) is 84.8 cm³/mol. The van der Waals surface area contributed by atoms with Gasteiger partial charge in [-0.1, -0.05) is 26.0 Å². The first kappa shape index (κ1) is 16.3. The molecule has 1 heterocycles. The van der Waals surface area contributed by atoms with E-state index in [1.807, 2.05) is 4.90 Å². The molecule has 1 unspecified atom stereocenters. The van der Waals surface area contributed by atoms with Crippen LogP contribution in [0.2, 0.25) is 0 Å². The molecule has 0 spiro atoms. The van der Waals surface area contributed by atoms with Crippen LogP contribution in [0.5, 0.6) is 0 Å². The van der Waals surface area contributed by atoms with Gasteiger partial charge in [0.2, 0.25) is 0 Å². The highest BCUT2D eigenvalue weighted by atomic mass is 16.4. The molecule has 2 rings (SSSR count). The van der Waals surface area contributed by atoms with Crippen LogP contribution in [-0.2, 0) is 6.54 Å². The van der Waals surface area contributed by atoms with Crippen LogP contribution in [0.25, 0.3) is 0 Å². The van der Waals surface area contributed by atoms with Crippen LogP contribution in [0, 0.1) is 5.41 Å². The molecule has 1 fully saturated rings. The maximum Gasteiger partial charge on any atom is 0.335 e. The van der Waals surface area contributed by atoms with Crippen molar-refractivity contribution in [3.8, 4) is 0 Å². The summed E-state index contributed by atoms with van der Waals surface area (Å²) in [5.41, 5.74) is 1.37. The van der Waals surface area contributed by atoms with Gasteiger partial charge in [-0.3, -0.25) is 0 Å². The number of piperidine rings is 1. The van der Waals surface area contributed by atoms with Gasteiger partial charge in [-0.2, -0.15) is 0 Å². The molecule has 120 valence electrons. The highest BCUT2D eigenvalue weighted by Gasteiger charge is 2.31. The smallest absolute Gasteiger partial charge is 0.335 e. The maximum atomic E-state index is 12.3. The number of benzene rings is 1. The molecular formula is C17H24N2O3. The molecule has 5 heteroatoms. The second kappa shape index (κ2) is 6.81. The van der Waals surface area contributed by atoms with Crippen molar-refractivity contribution < 1.29 is 14.7 Å². The Labute approximate surface area is 131 Å². The zero-order valence-electron chi connectivity index (χ0n) is 13.3. The number of rotatable bonds is 4. The Kier molecular flexibility index (Phi) is 5.06. The Hall–Kier alpha value is -2.04. The van der Waals surface area contributed by atoms with Crippen LogP contribution in [0.3, 0.4) is 0 Å². The standard InChI is InChI=1S/C17H24N2O3/c1-3-17(2)9-4-10-19(12-17)16(22)18-11-13-5-7-14(8-6-13)15(20)21/h5-8H,3-4,9-12H2,1-2H3,(H,18,22)(H,20,21). The molecule has 1 aromatic carbocycles. The van der Waals surface area contributed by atoms with Crippen molar-refractivity contribution in [1.82, 2.24) is 10.2 Å². The Morgan fingerprint density at radius 2 is 2.00 bits per heavy atom. The van der Waals surface area contributed by atoms with Gasteiger partial charge in [0.15, 0.2) is 0 Å². The molecule has 0 aromatic heterocycles. The topological polar surface area (TPSA) is 69.6 Å². The Morgan fingerprint density at radius 3 is 2.59 bits per heavy atom. The summed E-state index contributed by atoms with van der Waals surface area (Å²) < 4.78 is 0. The molecule has 0 saturated carbocycles. The van der Waals surface area contributed by atoms with Gasteiger partial charge in [0.25, 0.3) is 0 Å². The normalized spacial score (nSPS) is 21.5. The van der Waals surface area contributed by atoms with Crippen molar-refractivity contribution in [2.24, 2.45) is 5.41 Å². The minimum atomic E-state index is -0.942. The lowest BCUT2D eigenvalue weighted by Crippen LogP contribution is -2.48. The Bertz CT molecular complexity index is 541. The fourth-order valence-electron chi connectivity index (χ4n) is 2.83. The van der Waals surface area contributed by atoms with E-state index >= 15 is 0 Å². The van der Waals surface area contributed by atoms with Crippen LogP contribution in [-0.4, -0.2) is 35.1 Å². The number of amides is 2. The minimum Gasteiger partial charge on any atom is -0.478 e. The van der Waals surface area contributed by atoms with E-state index in [4.69, 9.17) is 5.11 Å². The first-order valence-electron chi connectivity index (χ1n) is 7.78. The first-order valence-corrected chi connectivity index (χ1v) is 7.78. The number of carboxylic acid groups (broad SMARTS) is 1. The summed E-state index contributed by atoms with van der Waals surface area (Å²) >= 11 is 0. The summed E-state index contributed by atoms with van der Waals surface area (Å²) in [6.45, 7) is 6.42. The van der Waals surface area contributed by atoms with E-state index in [0.29, 0.717) is 6.54 Å². The summed E-state index contributed by atoms with van der Waals surface area (Å²) in [4.78, 5) is 25.0. The second-order valence-electron chi connectivity index (χ2n) is 6.35. The van der Waals surface area contributed by atoms with Gasteiger partial charge in [0.05, 0.1) is 5.56 Å². The number of hydrogen-bond donors (Lipinski definition) is 2. The number of nitrogens with zero attached hydrogens (tertiary/aromatic N) is 1. The number of aromatic carboxylic acids is 1. The molecule has 1 atom stereocenters. The van der Waals surface area contributed by atoms with Crippen LogP contribution >= 0.6 is 0 Å². The van der Waals surface area contributed by atoms with Gasteiger partial charge in [-0.05, 0) is 42.4 Å².